The second kappa shape index (κ2) is 6.14. The van der Waals surface area contributed by atoms with Gasteiger partial charge in [-0.3, -0.25) is 14.4 Å². The summed E-state index contributed by atoms with van der Waals surface area (Å²) in [5.74, 6) is -0.812. The summed E-state index contributed by atoms with van der Waals surface area (Å²) in [6.07, 6.45) is 0.535. The third kappa shape index (κ3) is 4.31. The van der Waals surface area contributed by atoms with Crippen LogP contribution in [0.2, 0.25) is 0 Å². The molecule has 2 unspecified atom stereocenters. The average Bonchev–Trinajstić information content (AvgIpc) is 2.31. The van der Waals surface area contributed by atoms with E-state index in [2.05, 4.69) is 5.32 Å². The summed E-state index contributed by atoms with van der Waals surface area (Å²) in [6, 6.07) is -0.488. The molecule has 19 heavy (non-hydrogen) atoms. The second-order valence-electron chi connectivity index (χ2n) is 5.75. The summed E-state index contributed by atoms with van der Waals surface area (Å²) in [5.41, 5.74) is 4.52. The van der Waals surface area contributed by atoms with Crippen molar-refractivity contribution in [3.05, 3.63) is 0 Å². The standard InChI is InChI=1S/C13H22N2O4/c1-8-6-19-7-9(16)11(8)15-10(17)4-5-13(2,3)12(14)18/h8,11H,4-7H2,1-3H3,(H2,14,18)(H,15,17). The maximum Gasteiger partial charge on any atom is 0.223 e. The van der Waals surface area contributed by atoms with Crippen LogP contribution in [-0.2, 0) is 19.1 Å². The van der Waals surface area contributed by atoms with Crippen LogP contribution in [0.5, 0.6) is 0 Å². The fraction of sp³-hybridized carbons (Fsp3) is 0.769. The van der Waals surface area contributed by atoms with E-state index in [1.165, 1.54) is 0 Å². The normalized spacial score (nSPS) is 24.1. The maximum atomic E-state index is 11.8. The van der Waals surface area contributed by atoms with Crippen LogP contribution in [-0.4, -0.2) is 36.9 Å². The first-order valence-corrected chi connectivity index (χ1v) is 6.44. The van der Waals surface area contributed by atoms with Gasteiger partial charge in [0.25, 0.3) is 0 Å². The molecule has 0 saturated carbocycles. The Kier molecular flexibility index (Phi) is 5.05. The van der Waals surface area contributed by atoms with Crippen LogP contribution in [0.3, 0.4) is 0 Å². The number of nitrogens with two attached hydrogens (primary N) is 1. The molecule has 1 aliphatic heterocycles. The van der Waals surface area contributed by atoms with Gasteiger partial charge < -0.3 is 15.8 Å². The molecule has 0 aliphatic carbocycles. The van der Waals surface area contributed by atoms with Gasteiger partial charge in [-0.15, -0.1) is 0 Å². The van der Waals surface area contributed by atoms with Crippen LogP contribution < -0.4 is 11.1 Å². The van der Waals surface area contributed by atoms with Gasteiger partial charge in [0.05, 0.1) is 12.6 Å². The van der Waals surface area contributed by atoms with E-state index in [4.69, 9.17) is 10.5 Å². The van der Waals surface area contributed by atoms with E-state index in [0.717, 1.165) is 0 Å². The highest BCUT2D eigenvalue weighted by atomic mass is 16.5. The molecule has 1 saturated heterocycles. The van der Waals surface area contributed by atoms with E-state index >= 15 is 0 Å². The Bertz CT molecular complexity index is 379. The third-order valence-electron chi connectivity index (χ3n) is 3.50. The van der Waals surface area contributed by atoms with Crippen molar-refractivity contribution >= 4 is 17.6 Å². The lowest BCUT2D eigenvalue weighted by molar-refractivity contribution is -0.137. The molecule has 6 heteroatoms. The van der Waals surface area contributed by atoms with Gasteiger partial charge in [-0.1, -0.05) is 20.8 Å². The largest absolute Gasteiger partial charge is 0.373 e. The zero-order valence-electron chi connectivity index (χ0n) is 11.7. The topological polar surface area (TPSA) is 98.5 Å². The second-order valence-corrected chi connectivity index (χ2v) is 5.75. The van der Waals surface area contributed by atoms with Gasteiger partial charge in [0.15, 0.2) is 5.78 Å². The van der Waals surface area contributed by atoms with E-state index in [1.54, 1.807) is 13.8 Å². The number of nitrogens with one attached hydrogen (secondary N) is 1. The number of hydrogen-bond acceptors (Lipinski definition) is 4. The van der Waals surface area contributed by atoms with Crippen molar-refractivity contribution in [3.8, 4) is 0 Å². The zero-order chi connectivity index (χ0) is 14.6. The summed E-state index contributed by atoms with van der Waals surface area (Å²) in [6.45, 7) is 5.76. The molecular formula is C13H22N2O4. The Balaban J connectivity index is 2.47. The molecule has 0 aromatic carbocycles. The van der Waals surface area contributed by atoms with Crippen LogP contribution >= 0.6 is 0 Å². The summed E-state index contributed by atoms with van der Waals surface area (Å²) < 4.78 is 5.09. The predicted molar refractivity (Wildman–Crippen MR) is 69.1 cm³/mol. The Morgan fingerprint density at radius 1 is 1.47 bits per heavy atom. The number of ketones is 1. The van der Waals surface area contributed by atoms with Crippen LogP contribution in [0.25, 0.3) is 0 Å². The first kappa shape index (κ1) is 15.6. The minimum absolute atomic E-state index is 0.0330. The number of ether oxygens (including phenoxy) is 1. The number of rotatable bonds is 5. The highest BCUT2D eigenvalue weighted by Crippen LogP contribution is 2.21. The molecule has 2 atom stereocenters. The molecule has 108 valence electrons. The molecule has 1 aliphatic rings. The van der Waals surface area contributed by atoms with Crippen molar-refractivity contribution in [2.75, 3.05) is 13.2 Å². The first-order valence-electron chi connectivity index (χ1n) is 6.44. The monoisotopic (exact) mass is 270 g/mol. The first-order chi connectivity index (χ1) is 8.74. The van der Waals surface area contributed by atoms with Gasteiger partial charge >= 0.3 is 0 Å². The molecule has 2 amide bonds. The number of Topliss-reactive ketones (excluding diaryl/α,β-unsaturated/α-hetero) is 1. The van der Waals surface area contributed by atoms with E-state index < -0.39 is 17.4 Å². The average molecular weight is 270 g/mol. The van der Waals surface area contributed by atoms with Crippen molar-refractivity contribution in [2.24, 2.45) is 17.1 Å². The van der Waals surface area contributed by atoms with Gasteiger partial charge in [-0.05, 0) is 6.42 Å². The molecule has 0 aromatic rings. The predicted octanol–water partition coefficient (Wildman–Crippen LogP) is -0.00170. The highest BCUT2D eigenvalue weighted by Gasteiger charge is 2.31. The molecule has 6 nitrogen and oxygen atoms in total. The SMILES string of the molecule is CC1COCC(=O)C1NC(=O)CCC(C)(C)C(N)=O. The summed E-state index contributed by atoms with van der Waals surface area (Å²) >= 11 is 0. The number of carbonyl (C=O) groups excluding carboxylic acids is 3. The lowest BCUT2D eigenvalue weighted by atomic mass is 9.87. The molecular weight excluding hydrogens is 248 g/mol. The van der Waals surface area contributed by atoms with Crippen molar-refractivity contribution in [3.63, 3.8) is 0 Å². The molecule has 1 heterocycles. The van der Waals surface area contributed by atoms with E-state index in [1.807, 2.05) is 6.92 Å². The Labute approximate surface area is 113 Å². The number of carbonyl (C=O) groups is 3. The van der Waals surface area contributed by atoms with E-state index in [-0.39, 0.29) is 30.6 Å². The van der Waals surface area contributed by atoms with E-state index in [9.17, 15) is 14.4 Å². The summed E-state index contributed by atoms with van der Waals surface area (Å²) in [7, 11) is 0. The molecule has 3 N–H and O–H groups in total. The molecule has 0 bridgehead atoms. The molecule has 0 radical (unpaired) electrons. The number of amides is 2. The van der Waals surface area contributed by atoms with Gasteiger partial charge in [0, 0.05) is 17.8 Å². The summed E-state index contributed by atoms with van der Waals surface area (Å²) in [4.78, 5) is 34.6. The molecule has 0 aromatic heterocycles. The van der Waals surface area contributed by atoms with Gasteiger partial charge in [-0.2, -0.15) is 0 Å². The Morgan fingerprint density at radius 3 is 2.63 bits per heavy atom. The van der Waals surface area contributed by atoms with Gasteiger partial charge in [0.1, 0.15) is 6.61 Å². The molecule has 1 rings (SSSR count). The maximum absolute atomic E-state index is 11.8. The van der Waals surface area contributed by atoms with Crippen LogP contribution in [0.15, 0.2) is 0 Å². The van der Waals surface area contributed by atoms with Crippen molar-refractivity contribution in [2.45, 2.75) is 39.7 Å². The third-order valence-corrected chi connectivity index (χ3v) is 3.50. The smallest absolute Gasteiger partial charge is 0.223 e. The van der Waals surface area contributed by atoms with Gasteiger partial charge in [-0.25, -0.2) is 0 Å². The minimum atomic E-state index is -0.720. The van der Waals surface area contributed by atoms with E-state index in [0.29, 0.717) is 13.0 Å². The molecule has 0 spiro atoms. The van der Waals surface area contributed by atoms with Crippen LogP contribution in [0.4, 0.5) is 0 Å². The van der Waals surface area contributed by atoms with Crippen molar-refractivity contribution in [1.82, 2.24) is 5.32 Å². The highest BCUT2D eigenvalue weighted by molar-refractivity contribution is 5.90. The number of primary amides is 1. The summed E-state index contributed by atoms with van der Waals surface area (Å²) in [5, 5.41) is 2.71. The quantitative estimate of drug-likeness (QED) is 0.734. The lowest BCUT2D eigenvalue weighted by Crippen LogP contribution is -2.51. The zero-order valence-corrected chi connectivity index (χ0v) is 11.7. The van der Waals surface area contributed by atoms with Crippen LogP contribution in [0, 0.1) is 11.3 Å². The van der Waals surface area contributed by atoms with Crippen molar-refractivity contribution in [1.29, 1.82) is 0 Å². The van der Waals surface area contributed by atoms with Crippen molar-refractivity contribution < 1.29 is 19.1 Å². The van der Waals surface area contributed by atoms with Crippen LogP contribution in [0.1, 0.15) is 33.6 Å². The minimum Gasteiger partial charge on any atom is -0.373 e. The fourth-order valence-corrected chi connectivity index (χ4v) is 1.87. The fourth-order valence-electron chi connectivity index (χ4n) is 1.87. The van der Waals surface area contributed by atoms with Gasteiger partial charge in [0.2, 0.25) is 11.8 Å². The number of hydrogen-bond donors (Lipinski definition) is 2. The molecule has 1 fully saturated rings. The Hall–Kier alpha value is -1.43. The Morgan fingerprint density at radius 2 is 2.11 bits per heavy atom. The lowest BCUT2D eigenvalue weighted by Gasteiger charge is -2.28.